The molecule has 2 amide bonds. The lowest BCUT2D eigenvalue weighted by atomic mass is 10.1. The van der Waals surface area contributed by atoms with Crippen molar-refractivity contribution in [3.63, 3.8) is 0 Å². The molecular formula is C17H35N3O3. The zero-order valence-corrected chi connectivity index (χ0v) is 14.7. The Morgan fingerprint density at radius 1 is 1.13 bits per heavy atom. The predicted molar refractivity (Wildman–Crippen MR) is 92.2 cm³/mol. The Kier molecular flexibility index (Phi) is 11.9. The summed E-state index contributed by atoms with van der Waals surface area (Å²) in [6, 6.07) is -0.330. The second kappa shape index (κ2) is 13.6. The molecule has 1 saturated heterocycles. The van der Waals surface area contributed by atoms with Crippen LogP contribution >= 0.6 is 0 Å². The maximum absolute atomic E-state index is 11.5. The number of hydrogen-bond acceptors (Lipinski definition) is 4. The molecule has 0 aromatic rings. The number of piperidine rings is 1. The van der Waals surface area contributed by atoms with E-state index in [1.165, 1.54) is 44.9 Å². The molecule has 1 heterocycles. The minimum absolute atomic E-state index is 0.126. The van der Waals surface area contributed by atoms with E-state index in [0.29, 0.717) is 13.1 Å². The summed E-state index contributed by atoms with van der Waals surface area (Å²) in [4.78, 5) is 18.8. The number of aliphatic hydroxyl groups is 1. The second-order valence-electron chi connectivity index (χ2n) is 6.45. The van der Waals surface area contributed by atoms with E-state index in [1.54, 1.807) is 0 Å². The van der Waals surface area contributed by atoms with Gasteiger partial charge in [-0.25, -0.2) is 10.3 Å². The van der Waals surface area contributed by atoms with Gasteiger partial charge in [-0.2, -0.15) is 0 Å². The van der Waals surface area contributed by atoms with Crippen molar-refractivity contribution in [2.45, 2.75) is 70.8 Å². The van der Waals surface area contributed by atoms with Crippen LogP contribution in [-0.2, 0) is 4.84 Å². The van der Waals surface area contributed by atoms with E-state index >= 15 is 0 Å². The molecule has 6 nitrogen and oxygen atoms in total. The Hall–Kier alpha value is -0.850. The minimum Gasteiger partial charge on any atom is -0.389 e. The summed E-state index contributed by atoms with van der Waals surface area (Å²) in [6.07, 6.45) is 10.3. The van der Waals surface area contributed by atoms with Gasteiger partial charge in [0, 0.05) is 13.1 Å². The van der Waals surface area contributed by atoms with Gasteiger partial charge in [-0.05, 0) is 32.4 Å². The number of aliphatic hydroxyl groups excluding tert-OH is 1. The van der Waals surface area contributed by atoms with Gasteiger partial charge in [0.15, 0.2) is 0 Å². The fraction of sp³-hybridized carbons (Fsp3) is 0.941. The third-order valence-electron chi connectivity index (χ3n) is 4.17. The largest absolute Gasteiger partial charge is 0.389 e. The van der Waals surface area contributed by atoms with Crippen LogP contribution in [0.15, 0.2) is 0 Å². The van der Waals surface area contributed by atoms with E-state index in [2.05, 4.69) is 22.6 Å². The van der Waals surface area contributed by atoms with Crippen LogP contribution in [0.1, 0.15) is 64.7 Å². The Morgan fingerprint density at radius 3 is 2.57 bits per heavy atom. The van der Waals surface area contributed by atoms with Gasteiger partial charge in [0.2, 0.25) is 0 Å². The molecule has 6 heteroatoms. The van der Waals surface area contributed by atoms with E-state index in [9.17, 15) is 9.90 Å². The number of carbonyl (C=O) groups is 1. The van der Waals surface area contributed by atoms with Crippen molar-refractivity contribution in [3.05, 3.63) is 0 Å². The van der Waals surface area contributed by atoms with Gasteiger partial charge < -0.3 is 15.3 Å². The number of hydroxylamine groups is 1. The summed E-state index contributed by atoms with van der Waals surface area (Å²) in [5, 5.41) is 12.7. The normalized spacial score (nSPS) is 17.0. The third-order valence-corrected chi connectivity index (χ3v) is 4.17. The number of urea groups is 1. The molecule has 23 heavy (non-hydrogen) atoms. The zero-order valence-electron chi connectivity index (χ0n) is 14.7. The SMILES string of the molecule is CCCCCCCCNC(=O)NOCC(O)CN1CCCCC1. The van der Waals surface area contributed by atoms with Gasteiger partial charge in [-0.15, -0.1) is 0 Å². The van der Waals surface area contributed by atoms with Crippen molar-refractivity contribution in [2.24, 2.45) is 0 Å². The van der Waals surface area contributed by atoms with E-state index in [0.717, 1.165) is 25.9 Å². The molecule has 0 radical (unpaired) electrons. The first-order valence-electron chi connectivity index (χ1n) is 9.28. The molecule has 0 bridgehead atoms. The molecule has 1 aliphatic rings. The smallest absolute Gasteiger partial charge is 0.338 e. The van der Waals surface area contributed by atoms with Crippen molar-refractivity contribution in [2.75, 3.05) is 32.8 Å². The first-order chi connectivity index (χ1) is 11.2. The molecule has 1 aliphatic heterocycles. The monoisotopic (exact) mass is 329 g/mol. The highest BCUT2D eigenvalue weighted by Crippen LogP contribution is 2.08. The molecule has 1 atom stereocenters. The Labute approximate surface area is 140 Å². The zero-order chi connectivity index (χ0) is 16.8. The highest BCUT2D eigenvalue weighted by atomic mass is 16.7. The number of likely N-dealkylation sites (tertiary alicyclic amines) is 1. The summed E-state index contributed by atoms with van der Waals surface area (Å²) in [7, 11) is 0. The topological polar surface area (TPSA) is 73.8 Å². The third kappa shape index (κ3) is 11.3. The van der Waals surface area contributed by atoms with Crippen LogP contribution in [0.2, 0.25) is 0 Å². The molecule has 0 spiro atoms. The van der Waals surface area contributed by atoms with Crippen LogP contribution in [-0.4, -0.2) is 54.9 Å². The standard InChI is InChI=1S/C17H35N3O3/c1-2-3-4-5-6-8-11-18-17(22)19-23-15-16(21)14-20-12-9-7-10-13-20/h16,21H,2-15H2,1H3,(H2,18,19,22). The number of hydrogen-bond donors (Lipinski definition) is 3. The van der Waals surface area contributed by atoms with Crippen molar-refractivity contribution >= 4 is 6.03 Å². The molecule has 1 unspecified atom stereocenters. The highest BCUT2D eigenvalue weighted by molar-refractivity contribution is 5.72. The molecular weight excluding hydrogens is 294 g/mol. The van der Waals surface area contributed by atoms with Crippen molar-refractivity contribution in [1.82, 2.24) is 15.7 Å². The van der Waals surface area contributed by atoms with Crippen molar-refractivity contribution in [3.8, 4) is 0 Å². The van der Waals surface area contributed by atoms with Gasteiger partial charge in [-0.1, -0.05) is 45.4 Å². The average molecular weight is 329 g/mol. The van der Waals surface area contributed by atoms with E-state index in [4.69, 9.17) is 4.84 Å². The van der Waals surface area contributed by atoms with E-state index < -0.39 is 6.10 Å². The maximum atomic E-state index is 11.5. The molecule has 1 fully saturated rings. The number of unbranched alkanes of at least 4 members (excludes halogenated alkanes) is 5. The van der Waals surface area contributed by atoms with Gasteiger partial charge in [0.25, 0.3) is 0 Å². The second-order valence-corrected chi connectivity index (χ2v) is 6.45. The Bertz CT molecular complexity index is 297. The van der Waals surface area contributed by atoms with Crippen LogP contribution in [0.3, 0.4) is 0 Å². The molecule has 0 aliphatic carbocycles. The number of nitrogens with one attached hydrogen (secondary N) is 2. The molecule has 3 N–H and O–H groups in total. The summed E-state index contributed by atoms with van der Waals surface area (Å²) >= 11 is 0. The summed E-state index contributed by atoms with van der Waals surface area (Å²) < 4.78 is 0. The van der Waals surface area contributed by atoms with Crippen LogP contribution in [0.4, 0.5) is 4.79 Å². The van der Waals surface area contributed by atoms with E-state index in [1.807, 2.05) is 0 Å². The van der Waals surface area contributed by atoms with Crippen molar-refractivity contribution in [1.29, 1.82) is 0 Å². The quantitative estimate of drug-likeness (QED) is 0.380. The lowest BCUT2D eigenvalue weighted by molar-refractivity contribution is -0.0174. The molecule has 0 aromatic carbocycles. The lowest BCUT2D eigenvalue weighted by Gasteiger charge is -2.28. The number of amides is 2. The van der Waals surface area contributed by atoms with Crippen LogP contribution in [0.25, 0.3) is 0 Å². The van der Waals surface area contributed by atoms with Gasteiger partial charge >= 0.3 is 6.03 Å². The average Bonchev–Trinajstić information content (AvgIpc) is 2.55. The lowest BCUT2D eigenvalue weighted by Crippen LogP contribution is -2.41. The summed E-state index contributed by atoms with van der Waals surface area (Å²) in [5.74, 6) is 0. The van der Waals surface area contributed by atoms with Crippen LogP contribution < -0.4 is 10.8 Å². The number of carbonyl (C=O) groups excluding carboxylic acids is 1. The summed E-state index contributed by atoms with van der Waals surface area (Å²) in [5.41, 5.74) is 2.33. The van der Waals surface area contributed by atoms with Crippen LogP contribution in [0, 0.1) is 0 Å². The predicted octanol–water partition coefficient (Wildman–Crippen LogP) is 2.42. The molecule has 0 aromatic heterocycles. The first kappa shape index (κ1) is 20.2. The first-order valence-corrected chi connectivity index (χ1v) is 9.28. The molecule has 136 valence electrons. The fourth-order valence-electron chi connectivity index (χ4n) is 2.84. The van der Waals surface area contributed by atoms with E-state index in [-0.39, 0.29) is 12.6 Å². The minimum atomic E-state index is -0.563. The Morgan fingerprint density at radius 2 is 1.83 bits per heavy atom. The summed E-state index contributed by atoms with van der Waals surface area (Å²) in [6.45, 7) is 5.70. The Balaban J connectivity index is 1.90. The molecule has 0 saturated carbocycles. The molecule has 1 rings (SSSR count). The number of β-amino-alcohol motifs (C(OH)–C–C–N with tert-alkyl or cyclic N) is 1. The van der Waals surface area contributed by atoms with Crippen molar-refractivity contribution < 1.29 is 14.7 Å². The van der Waals surface area contributed by atoms with Gasteiger partial charge in [0.1, 0.15) is 6.61 Å². The van der Waals surface area contributed by atoms with Crippen LogP contribution in [0.5, 0.6) is 0 Å². The maximum Gasteiger partial charge on any atom is 0.338 e. The highest BCUT2D eigenvalue weighted by Gasteiger charge is 2.15. The van der Waals surface area contributed by atoms with Gasteiger partial charge in [-0.3, -0.25) is 4.84 Å². The fourth-order valence-corrected chi connectivity index (χ4v) is 2.84. The van der Waals surface area contributed by atoms with Gasteiger partial charge in [0.05, 0.1) is 6.10 Å². The number of nitrogens with zero attached hydrogens (tertiary/aromatic N) is 1. The number of rotatable bonds is 12.